The fourth-order valence-electron chi connectivity index (χ4n) is 1.20. The highest BCUT2D eigenvalue weighted by atomic mass is 14.9. The van der Waals surface area contributed by atoms with Gasteiger partial charge in [-0.05, 0) is 0 Å². The van der Waals surface area contributed by atoms with Crippen LogP contribution in [-0.4, -0.2) is 13.1 Å². The first-order valence-corrected chi connectivity index (χ1v) is 4.80. The molecule has 0 saturated heterocycles. The number of aryl methyl sites for hydroxylation is 1. The Morgan fingerprint density at radius 3 is 2.62 bits per heavy atom. The van der Waals surface area contributed by atoms with Crippen LogP contribution in [0.2, 0.25) is 0 Å². The van der Waals surface area contributed by atoms with Crippen LogP contribution in [0.5, 0.6) is 0 Å². The van der Waals surface area contributed by atoms with Crippen LogP contribution in [0.3, 0.4) is 0 Å². The molecule has 3 N–H and O–H groups in total. The molecule has 0 spiro atoms. The minimum atomic E-state index is 0.670. The van der Waals surface area contributed by atoms with E-state index in [-0.39, 0.29) is 0 Å². The van der Waals surface area contributed by atoms with E-state index in [0.29, 0.717) is 6.54 Å². The number of anilines is 1. The molecule has 3 heteroatoms. The Kier molecular flexibility index (Phi) is 4.26. The standard InChI is InChI=1S/C10H17N3/c1-2-7-13-8-3-10(4-9-13)12-6-5-11/h3-4,8-9H,2,5-7,11H2,1H3/p+1. The van der Waals surface area contributed by atoms with Crippen molar-refractivity contribution in [1.29, 1.82) is 0 Å². The van der Waals surface area contributed by atoms with E-state index in [2.05, 4.69) is 41.3 Å². The van der Waals surface area contributed by atoms with E-state index in [4.69, 9.17) is 5.73 Å². The zero-order chi connectivity index (χ0) is 9.52. The number of pyridine rings is 1. The van der Waals surface area contributed by atoms with Gasteiger partial charge < -0.3 is 11.1 Å². The number of aromatic nitrogens is 1. The Balaban J connectivity index is 2.48. The van der Waals surface area contributed by atoms with E-state index in [0.717, 1.165) is 18.8 Å². The topological polar surface area (TPSA) is 41.9 Å². The van der Waals surface area contributed by atoms with Gasteiger partial charge in [0.1, 0.15) is 6.54 Å². The van der Waals surface area contributed by atoms with Crippen molar-refractivity contribution < 1.29 is 4.57 Å². The molecule has 1 rings (SSSR count). The maximum Gasteiger partial charge on any atom is 0.170 e. The van der Waals surface area contributed by atoms with Crippen LogP contribution in [0, 0.1) is 0 Å². The molecule has 0 unspecified atom stereocenters. The van der Waals surface area contributed by atoms with Gasteiger partial charge in [-0.1, -0.05) is 6.92 Å². The second kappa shape index (κ2) is 5.54. The van der Waals surface area contributed by atoms with Crippen molar-refractivity contribution in [2.75, 3.05) is 18.4 Å². The summed E-state index contributed by atoms with van der Waals surface area (Å²) in [5.41, 5.74) is 6.52. The molecule has 0 bridgehead atoms. The molecule has 1 aromatic heterocycles. The average molecular weight is 180 g/mol. The molecule has 0 saturated carbocycles. The van der Waals surface area contributed by atoms with E-state index in [9.17, 15) is 0 Å². The smallest absolute Gasteiger partial charge is 0.170 e. The molecule has 0 aliphatic rings. The maximum absolute atomic E-state index is 5.39. The molecule has 0 amide bonds. The summed E-state index contributed by atoms with van der Waals surface area (Å²) in [4.78, 5) is 0. The van der Waals surface area contributed by atoms with Gasteiger partial charge in [0.15, 0.2) is 12.4 Å². The van der Waals surface area contributed by atoms with Gasteiger partial charge in [0.25, 0.3) is 0 Å². The molecule has 3 nitrogen and oxygen atoms in total. The summed E-state index contributed by atoms with van der Waals surface area (Å²) in [6, 6.07) is 4.15. The first-order valence-electron chi connectivity index (χ1n) is 4.80. The van der Waals surface area contributed by atoms with Gasteiger partial charge in [-0.15, -0.1) is 0 Å². The third kappa shape index (κ3) is 3.42. The second-order valence-electron chi connectivity index (χ2n) is 3.04. The SMILES string of the molecule is CCC[n+]1ccc(NCCN)cc1. The molecule has 0 fully saturated rings. The first kappa shape index (κ1) is 9.99. The number of nitrogens with one attached hydrogen (secondary N) is 1. The highest BCUT2D eigenvalue weighted by molar-refractivity contribution is 5.39. The molecular weight excluding hydrogens is 162 g/mol. The number of nitrogens with two attached hydrogens (primary N) is 1. The van der Waals surface area contributed by atoms with Gasteiger partial charge in [-0.2, -0.15) is 0 Å². The third-order valence-electron chi connectivity index (χ3n) is 1.85. The van der Waals surface area contributed by atoms with Crippen LogP contribution >= 0.6 is 0 Å². The predicted octanol–water partition coefficient (Wildman–Crippen LogP) is 0.755. The van der Waals surface area contributed by atoms with Crippen LogP contribution in [0.4, 0.5) is 5.69 Å². The van der Waals surface area contributed by atoms with Gasteiger partial charge in [-0.25, -0.2) is 4.57 Å². The molecule has 1 heterocycles. The Labute approximate surface area is 79.6 Å². The number of rotatable bonds is 5. The maximum atomic E-state index is 5.39. The molecule has 0 aliphatic carbocycles. The Bertz CT molecular complexity index is 230. The largest absolute Gasteiger partial charge is 0.383 e. The van der Waals surface area contributed by atoms with Crippen molar-refractivity contribution in [3.63, 3.8) is 0 Å². The summed E-state index contributed by atoms with van der Waals surface area (Å²) >= 11 is 0. The Morgan fingerprint density at radius 1 is 1.38 bits per heavy atom. The zero-order valence-electron chi connectivity index (χ0n) is 8.16. The number of hydrogen-bond acceptors (Lipinski definition) is 2. The summed E-state index contributed by atoms with van der Waals surface area (Å²) in [6.45, 7) is 4.76. The Hall–Kier alpha value is -1.09. The lowest BCUT2D eigenvalue weighted by atomic mass is 10.3. The monoisotopic (exact) mass is 180 g/mol. The van der Waals surface area contributed by atoms with Crippen molar-refractivity contribution in [3.8, 4) is 0 Å². The average Bonchev–Trinajstić information content (AvgIpc) is 2.17. The highest BCUT2D eigenvalue weighted by Crippen LogP contribution is 2.00. The van der Waals surface area contributed by atoms with E-state index in [1.807, 2.05) is 0 Å². The van der Waals surface area contributed by atoms with Gasteiger partial charge in [0.05, 0.1) is 0 Å². The molecule has 1 aromatic rings. The number of nitrogens with zero attached hydrogens (tertiary/aromatic N) is 1. The van der Waals surface area contributed by atoms with Crippen LogP contribution in [-0.2, 0) is 6.54 Å². The van der Waals surface area contributed by atoms with Gasteiger partial charge in [-0.3, -0.25) is 0 Å². The van der Waals surface area contributed by atoms with Crippen LogP contribution in [0.15, 0.2) is 24.5 Å². The molecule has 0 radical (unpaired) electrons. The van der Waals surface area contributed by atoms with Crippen molar-refractivity contribution in [1.82, 2.24) is 0 Å². The van der Waals surface area contributed by atoms with Gasteiger partial charge in [0, 0.05) is 37.3 Å². The summed E-state index contributed by atoms with van der Waals surface area (Å²) in [7, 11) is 0. The minimum absolute atomic E-state index is 0.670. The lowest BCUT2D eigenvalue weighted by Gasteiger charge is -2.02. The van der Waals surface area contributed by atoms with Crippen LogP contribution < -0.4 is 15.6 Å². The summed E-state index contributed by atoms with van der Waals surface area (Å²) in [5, 5.41) is 3.23. The lowest BCUT2D eigenvalue weighted by molar-refractivity contribution is -0.696. The fourth-order valence-corrected chi connectivity index (χ4v) is 1.20. The molecule has 72 valence electrons. The van der Waals surface area contributed by atoms with E-state index in [1.165, 1.54) is 6.42 Å². The summed E-state index contributed by atoms with van der Waals surface area (Å²) in [5.74, 6) is 0. The molecule has 0 aromatic carbocycles. The summed E-state index contributed by atoms with van der Waals surface area (Å²) < 4.78 is 2.17. The second-order valence-corrected chi connectivity index (χ2v) is 3.04. The third-order valence-corrected chi connectivity index (χ3v) is 1.85. The van der Waals surface area contributed by atoms with Crippen molar-refractivity contribution in [2.24, 2.45) is 5.73 Å². The first-order chi connectivity index (χ1) is 6.36. The lowest BCUT2D eigenvalue weighted by Crippen LogP contribution is -2.32. The van der Waals surface area contributed by atoms with Crippen LogP contribution in [0.25, 0.3) is 0 Å². The predicted molar refractivity (Wildman–Crippen MR) is 54.5 cm³/mol. The molecule has 13 heavy (non-hydrogen) atoms. The Morgan fingerprint density at radius 2 is 2.08 bits per heavy atom. The molecule has 0 atom stereocenters. The summed E-state index contributed by atoms with van der Waals surface area (Å²) in [6.07, 6.45) is 5.34. The van der Waals surface area contributed by atoms with Gasteiger partial charge in [0.2, 0.25) is 0 Å². The normalized spacial score (nSPS) is 10.0. The van der Waals surface area contributed by atoms with Crippen molar-refractivity contribution in [2.45, 2.75) is 19.9 Å². The quantitative estimate of drug-likeness (QED) is 0.657. The molecule has 0 aliphatic heterocycles. The zero-order valence-corrected chi connectivity index (χ0v) is 8.16. The molecular formula is C10H18N3+. The fraction of sp³-hybridized carbons (Fsp3) is 0.500. The van der Waals surface area contributed by atoms with Crippen LogP contribution in [0.1, 0.15) is 13.3 Å². The van der Waals surface area contributed by atoms with E-state index < -0.39 is 0 Å². The van der Waals surface area contributed by atoms with Gasteiger partial charge >= 0.3 is 0 Å². The number of hydrogen-bond donors (Lipinski definition) is 2. The minimum Gasteiger partial charge on any atom is -0.383 e. The van der Waals surface area contributed by atoms with Crippen molar-refractivity contribution in [3.05, 3.63) is 24.5 Å². The van der Waals surface area contributed by atoms with E-state index >= 15 is 0 Å². The highest BCUT2D eigenvalue weighted by Gasteiger charge is 1.97. The van der Waals surface area contributed by atoms with E-state index in [1.54, 1.807) is 0 Å². The van der Waals surface area contributed by atoms with Crippen molar-refractivity contribution >= 4 is 5.69 Å².